The Hall–Kier alpha value is -2.93. The van der Waals surface area contributed by atoms with E-state index in [1.807, 2.05) is 30.3 Å². The average molecular weight is 454 g/mol. The van der Waals surface area contributed by atoms with Crippen molar-refractivity contribution in [3.05, 3.63) is 53.6 Å². The van der Waals surface area contributed by atoms with Crippen molar-refractivity contribution in [2.45, 2.75) is 49.7 Å². The molecule has 1 heterocycles. The van der Waals surface area contributed by atoms with E-state index in [4.69, 9.17) is 14.2 Å². The minimum atomic E-state index is -0.116. The van der Waals surface area contributed by atoms with E-state index >= 15 is 0 Å². The van der Waals surface area contributed by atoms with Crippen molar-refractivity contribution in [2.24, 2.45) is 0 Å². The zero-order chi connectivity index (χ0) is 23.4. The first-order valence-corrected chi connectivity index (χ1v) is 11.6. The maximum absolute atomic E-state index is 12.6. The molecule has 1 aliphatic carbocycles. The van der Waals surface area contributed by atoms with Crippen LogP contribution in [-0.4, -0.2) is 57.9 Å². The van der Waals surface area contributed by atoms with Gasteiger partial charge in [-0.25, -0.2) is 4.79 Å². The van der Waals surface area contributed by atoms with Gasteiger partial charge in [0.2, 0.25) is 0 Å². The smallest absolute Gasteiger partial charge is 0.315 e. The lowest BCUT2D eigenvalue weighted by molar-refractivity contribution is 0.154. The van der Waals surface area contributed by atoms with Crippen molar-refractivity contribution in [3.8, 4) is 17.2 Å². The standard InChI is InChI=1S/C26H35N3O4/c1-29-14-13-26(19-7-10-22(32-3)23(15-19)33-4)12-11-20(16-24(26)29)28-25(30)27-17-18-5-8-21(31-2)9-6-18/h5-10,15,20,24H,11-14,16-17H2,1-4H3,(H2,27,28,30). The van der Waals surface area contributed by atoms with Crippen LogP contribution in [0.3, 0.4) is 0 Å². The van der Waals surface area contributed by atoms with E-state index < -0.39 is 0 Å². The summed E-state index contributed by atoms with van der Waals surface area (Å²) in [4.78, 5) is 15.0. The minimum absolute atomic E-state index is 0.0754. The average Bonchev–Trinajstić information content (AvgIpc) is 3.19. The molecule has 2 aliphatic rings. The van der Waals surface area contributed by atoms with Crippen LogP contribution < -0.4 is 24.8 Å². The number of urea groups is 1. The third-order valence-electron chi connectivity index (χ3n) is 7.43. The van der Waals surface area contributed by atoms with E-state index in [-0.39, 0.29) is 17.5 Å². The topological polar surface area (TPSA) is 72.1 Å². The number of ether oxygens (including phenoxy) is 3. The van der Waals surface area contributed by atoms with E-state index in [0.29, 0.717) is 12.6 Å². The number of likely N-dealkylation sites (tertiary alicyclic amines) is 1. The van der Waals surface area contributed by atoms with E-state index in [2.05, 4.69) is 34.7 Å². The number of likely N-dealkylation sites (N-methyl/N-ethyl adjacent to an activating group) is 1. The molecule has 33 heavy (non-hydrogen) atoms. The van der Waals surface area contributed by atoms with Gasteiger partial charge in [0.05, 0.1) is 21.3 Å². The fourth-order valence-electron chi connectivity index (χ4n) is 5.56. The van der Waals surface area contributed by atoms with Crippen molar-refractivity contribution in [1.29, 1.82) is 0 Å². The summed E-state index contributed by atoms with van der Waals surface area (Å²) in [7, 11) is 7.19. The summed E-state index contributed by atoms with van der Waals surface area (Å²) in [5, 5.41) is 6.20. The van der Waals surface area contributed by atoms with Crippen LogP contribution in [0, 0.1) is 0 Å². The molecule has 2 fully saturated rings. The molecule has 2 amide bonds. The highest BCUT2D eigenvalue weighted by molar-refractivity contribution is 5.74. The number of nitrogens with zero attached hydrogens (tertiary/aromatic N) is 1. The zero-order valence-electron chi connectivity index (χ0n) is 20.0. The molecular formula is C26H35N3O4. The molecular weight excluding hydrogens is 418 g/mol. The lowest BCUT2D eigenvalue weighted by atomic mass is 9.65. The van der Waals surface area contributed by atoms with Crippen molar-refractivity contribution >= 4 is 6.03 Å². The molecule has 1 aliphatic heterocycles. The Morgan fingerprint density at radius 2 is 1.79 bits per heavy atom. The molecule has 1 saturated heterocycles. The molecule has 4 rings (SSSR count). The van der Waals surface area contributed by atoms with Crippen LogP contribution in [0.1, 0.15) is 36.8 Å². The minimum Gasteiger partial charge on any atom is -0.497 e. The fraction of sp³-hybridized carbons (Fsp3) is 0.500. The van der Waals surface area contributed by atoms with Crippen LogP contribution in [0.2, 0.25) is 0 Å². The highest BCUT2D eigenvalue weighted by atomic mass is 16.5. The van der Waals surface area contributed by atoms with Crippen LogP contribution in [0.5, 0.6) is 17.2 Å². The quantitative estimate of drug-likeness (QED) is 0.669. The van der Waals surface area contributed by atoms with Crippen LogP contribution in [-0.2, 0) is 12.0 Å². The van der Waals surface area contributed by atoms with Gasteiger partial charge < -0.3 is 29.7 Å². The maximum atomic E-state index is 12.6. The third kappa shape index (κ3) is 4.74. The van der Waals surface area contributed by atoms with Gasteiger partial charge in [0.15, 0.2) is 11.5 Å². The monoisotopic (exact) mass is 453 g/mol. The maximum Gasteiger partial charge on any atom is 0.315 e. The molecule has 0 bridgehead atoms. The lowest BCUT2D eigenvalue weighted by Gasteiger charge is -2.45. The predicted molar refractivity (Wildman–Crippen MR) is 128 cm³/mol. The SMILES string of the molecule is COc1ccc(CNC(=O)NC2CCC3(c4ccc(OC)c(OC)c4)CCN(C)C3C2)cc1. The van der Waals surface area contributed by atoms with Gasteiger partial charge in [-0.1, -0.05) is 18.2 Å². The number of fused-ring (bicyclic) bond motifs is 1. The summed E-state index contributed by atoms with van der Waals surface area (Å²) in [5.41, 5.74) is 2.42. The number of nitrogens with one attached hydrogen (secondary N) is 2. The molecule has 3 unspecified atom stereocenters. The Balaban J connectivity index is 1.40. The summed E-state index contributed by atoms with van der Waals surface area (Å²) in [6, 6.07) is 14.5. The molecule has 0 aromatic heterocycles. The molecule has 7 nitrogen and oxygen atoms in total. The summed E-state index contributed by atoms with van der Waals surface area (Å²) in [6.07, 6.45) is 4.02. The zero-order valence-corrected chi connectivity index (χ0v) is 20.0. The molecule has 7 heteroatoms. The number of benzene rings is 2. The Kier molecular flexibility index (Phi) is 6.98. The number of carbonyl (C=O) groups is 1. The van der Waals surface area contributed by atoms with E-state index in [1.165, 1.54) is 5.56 Å². The highest BCUT2D eigenvalue weighted by Crippen LogP contribution is 2.49. The number of methoxy groups -OCH3 is 3. The third-order valence-corrected chi connectivity index (χ3v) is 7.43. The van der Waals surface area contributed by atoms with Crippen molar-refractivity contribution in [1.82, 2.24) is 15.5 Å². The first-order valence-electron chi connectivity index (χ1n) is 11.6. The molecule has 2 aromatic rings. The van der Waals surface area contributed by atoms with Crippen molar-refractivity contribution < 1.29 is 19.0 Å². The van der Waals surface area contributed by atoms with Crippen LogP contribution in [0.15, 0.2) is 42.5 Å². The van der Waals surface area contributed by atoms with Crippen LogP contribution in [0.25, 0.3) is 0 Å². The second-order valence-electron chi connectivity index (χ2n) is 9.12. The molecule has 1 saturated carbocycles. The van der Waals surface area contributed by atoms with Gasteiger partial charge in [-0.05, 0) is 74.7 Å². The Morgan fingerprint density at radius 1 is 1.03 bits per heavy atom. The molecule has 178 valence electrons. The summed E-state index contributed by atoms with van der Waals surface area (Å²) < 4.78 is 16.2. The number of hydrogen-bond donors (Lipinski definition) is 2. The molecule has 3 atom stereocenters. The largest absolute Gasteiger partial charge is 0.497 e. The first kappa shape index (κ1) is 23.2. The fourth-order valence-corrected chi connectivity index (χ4v) is 5.56. The molecule has 0 spiro atoms. The molecule has 0 radical (unpaired) electrons. The second kappa shape index (κ2) is 9.91. The predicted octanol–water partition coefficient (Wildman–Crippen LogP) is 3.71. The van der Waals surface area contributed by atoms with Gasteiger partial charge in [0, 0.05) is 24.0 Å². The van der Waals surface area contributed by atoms with Gasteiger partial charge in [0.25, 0.3) is 0 Å². The Bertz CT molecular complexity index is 965. The summed E-state index contributed by atoms with van der Waals surface area (Å²) in [5.74, 6) is 2.34. The number of carbonyl (C=O) groups excluding carboxylic acids is 1. The number of amides is 2. The van der Waals surface area contributed by atoms with Crippen LogP contribution >= 0.6 is 0 Å². The van der Waals surface area contributed by atoms with E-state index in [9.17, 15) is 4.79 Å². The number of hydrogen-bond acceptors (Lipinski definition) is 5. The second-order valence-corrected chi connectivity index (χ2v) is 9.12. The molecule has 2 aromatic carbocycles. The first-order chi connectivity index (χ1) is 16.0. The lowest BCUT2D eigenvalue weighted by Crippen LogP contribution is -2.53. The van der Waals surface area contributed by atoms with Gasteiger partial charge in [0.1, 0.15) is 5.75 Å². The summed E-state index contributed by atoms with van der Waals surface area (Å²) in [6.45, 7) is 1.54. The van der Waals surface area contributed by atoms with Gasteiger partial charge in [-0.3, -0.25) is 0 Å². The van der Waals surface area contributed by atoms with Crippen molar-refractivity contribution in [3.63, 3.8) is 0 Å². The normalized spacial score (nSPS) is 24.6. The van der Waals surface area contributed by atoms with E-state index in [1.54, 1.807) is 21.3 Å². The van der Waals surface area contributed by atoms with Gasteiger partial charge >= 0.3 is 6.03 Å². The van der Waals surface area contributed by atoms with Crippen LogP contribution in [0.4, 0.5) is 4.79 Å². The van der Waals surface area contributed by atoms with Gasteiger partial charge in [-0.2, -0.15) is 0 Å². The Morgan fingerprint density at radius 3 is 2.48 bits per heavy atom. The van der Waals surface area contributed by atoms with Gasteiger partial charge in [-0.15, -0.1) is 0 Å². The van der Waals surface area contributed by atoms with Crippen molar-refractivity contribution in [2.75, 3.05) is 34.9 Å². The van der Waals surface area contributed by atoms with E-state index in [0.717, 1.165) is 55.0 Å². The Labute approximate surface area is 196 Å². The summed E-state index contributed by atoms with van der Waals surface area (Å²) >= 11 is 0. The number of rotatable bonds is 7. The molecule has 2 N–H and O–H groups in total. The highest BCUT2D eigenvalue weighted by Gasteiger charge is 2.50.